The molecule has 0 radical (unpaired) electrons. The number of imidazole rings is 2. The molecule has 0 bridgehead atoms. The van der Waals surface area contributed by atoms with Gasteiger partial charge in [0, 0.05) is 41.3 Å². The maximum atomic E-state index is 12.4. The van der Waals surface area contributed by atoms with Crippen molar-refractivity contribution in [2.75, 3.05) is 0 Å². The van der Waals surface area contributed by atoms with Gasteiger partial charge in [0.1, 0.15) is 0 Å². The largest absolute Gasteiger partial charge is 0.393 e. The van der Waals surface area contributed by atoms with Gasteiger partial charge in [0.2, 0.25) is 0 Å². The highest BCUT2D eigenvalue weighted by Crippen LogP contribution is 2.06. The number of unbranched alkanes of at least 4 members (excludes halogenated alkanes) is 2. The molecule has 0 aliphatic carbocycles. The van der Waals surface area contributed by atoms with Crippen molar-refractivity contribution in [3.8, 4) is 0 Å². The minimum Gasteiger partial charge on any atom is -0.393 e. The Balaban J connectivity index is 0.000000220. The zero-order chi connectivity index (χ0) is 29.7. The van der Waals surface area contributed by atoms with E-state index in [9.17, 15) is 29.4 Å². The summed E-state index contributed by atoms with van der Waals surface area (Å²) in [5.74, 6) is 0. The molecule has 0 aromatic carbocycles. The van der Waals surface area contributed by atoms with Crippen molar-refractivity contribution in [3.63, 3.8) is 0 Å². The van der Waals surface area contributed by atoms with Gasteiger partial charge in [-0.25, -0.2) is 19.6 Å². The van der Waals surface area contributed by atoms with Gasteiger partial charge in [0.05, 0.1) is 24.9 Å². The monoisotopic (exact) mass is 560 g/mol. The highest BCUT2D eigenvalue weighted by molar-refractivity contribution is 5.70. The van der Waals surface area contributed by atoms with Gasteiger partial charge in [-0.1, -0.05) is 0 Å². The summed E-state index contributed by atoms with van der Waals surface area (Å²) < 4.78 is 8.53. The summed E-state index contributed by atoms with van der Waals surface area (Å²) in [5, 5.41) is 18.4. The number of aryl methyl sites for hydroxylation is 4. The Morgan fingerprint density at radius 1 is 0.650 bits per heavy atom. The second kappa shape index (κ2) is 13.0. The molecule has 4 rings (SSSR count). The standard InChI is InChI=1S/2C13H20N4O3/c2*1-9(18)6-4-5-7-17-12(19)10-11(14-8-15(10)2)16(3)13(17)20/h2*8-9,18H,4-7H2,1-3H3/t9-;/m0./s1. The molecular weight excluding hydrogens is 520 g/mol. The Morgan fingerprint density at radius 2 is 1.00 bits per heavy atom. The van der Waals surface area contributed by atoms with Gasteiger partial charge in [-0.15, -0.1) is 0 Å². The van der Waals surface area contributed by atoms with Crippen LogP contribution in [0.2, 0.25) is 0 Å². The maximum Gasteiger partial charge on any atom is 0.332 e. The van der Waals surface area contributed by atoms with Gasteiger partial charge < -0.3 is 19.3 Å². The molecule has 0 spiro atoms. The van der Waals surface area contributed by atoms with E-state index in [4.69, 9.17) is 0 Å². The molecular formula is C26H40N8O6. The fraction of sp³-hybridized carbons (Fsp3) is 0.615. The van der Waals surface area contributed by atoms with Crippen LogP contribution in [-0.2, 0) is 41.3 Å². The predicted molar refractivity (Wildman–Crippen MR) is 151 cm³/mol. The van der Waals surface area contributed by atoms with E-state index in [1.165, 1.54) is 30.9 Å². The number of fused-ring (bicyclic) bond motifs is 2. The van der Waals surface area contributed by atoms with Crippen molar-refractivity contribution < 1.29 is 10.2 Å². The first-order valence-electron chi connectivity index (χ1n) is 13.4. The molecule has 0 saturated carbocycles. The van der Waals surface area contributed by atoms with Crippen LogP contribution in [0.25, 0.3) is 22.3 Å². The zero-order valence-corrected chi connectivity index (χ0v) is 24.1. The highest BCUT2D eigenvalue weighted by Gasteiger charge is 2.15. The number of aromatic nitrogens is 8. The number of nitrogens with zero attached hydrogens (tertiary/aromatic N) is 8. The molecule has 1 unspecified atom stereocenters. The van der Waals surface area contributed by atoms with Crippen LogP contribution in [-0.4, -0.2) is 59.8 Å². The zero-order valence-electron chi connectivity index (χ0n) is 24.1. The molecule has 0 saturated heterocycles. The Labute approximate surface area is 230 Å². The van der Waals surface area contributed by atoms with E-state index in [1.807, 2.05) is 0 Å². The lowest BCUT2D eigenvalue weighted by Crippen LogP contribution is -2.39. The van der Waals surface area contributed by atoms with E-state index >= 15 is 0 Å². The first-order valence-corrected chi connectivity index (χ1v) is 13.4. The summed E-state index contributed by atoms with van der Waals surface area (Å²) in [4.78, 5) is 57.2. The quantitative estimate of drug-likeness (QED) is 0.255. The summed E-state index contributed by atoms with van der Waals surface area (Å²) in [6, 6.07) is 0. The van der Waals surface area contributed by atoms with Gasteiger partial charge in [-0.3, -0.25) is 27.9 Å². The van der Waals surface area contributed by atoms with Crippen molar-refractivity contribution >= 4 is 22.3 Å². The maximum absolute atomic E-state index is 12.4. The van der Waals surface area contributed by atoms with Crippen LogP contribution in [0, 0.1) is 0 Å². The number of aliphatic hydroxyl groups is 2. The van der Waals surface area contributed by atoms with Gasteiger partial charge in [-0.2, -0.15) is 0 Å². The summed E-state index contributed by atoms with van der Waals surface area (Å²) in [7, 11) is 6.70. The molecule has 4 aromatic rings. The van der Waals surface area contributed by atoms with Gasteiger partial charge >= 0.3 is 11.4 Å². The summed E-state index contributed by atoms with van der Waals surface area (Å²) in [6.07, 6.45) is 6.61. The molecule has 14 nitrogen and oxygen atoms in total. The third kappa shape index (κ3) is 6.50. The average molecular weight is 561 g/mol. The van der Waals surface area contributed by atoms with Crippen LogP contribution in [0.15, 0.2) is 31.8 Å². The summed E-state index contributed by atoms with van der Waals surface area (Å²) in [5.41, 5.74) is 0.368. The van der Waals surface area contributed by atoms with Crippen molar-refractivity contribution in [3.05, 3.63) is 54.3 Å². The van der Waals surface area contributed by atoms with Gasteiger partial charge in [0.25, 0.3) is 11.1 Å². The van der Waals surface area contributed by atoms with Crippen LogP contribution in [0.3, 0.4) is 0 Å². The van der Waals surface area contributed by atoms with E-state index in [0.29, 0.717) is 61.1 Å². The van der Waals surface area contributed by atoms with Crippen molar-refractivity contribution in [1.82, 2.24) is 37.4 Å². The number of hydrogen-bond acceptors (Lipinski definition) is 8. The predicted octanol–water partition coefficient (Wildman–Crippen LogP) is -0.0304. The Bertz CT molecular complexity index is 1570. The number of hydrogen-bond donors (Lipinski definition) is 2. The SMILES string of the molecule is CC(O)CCCCn1c(=O)c2c(ncn2C)n(C)c1=O.C[C@H](O)CCCCn1c(=O)c2c(ncn2C)n(C)c1=O. The van der Waals surface area contributed by atoms with Crippen LogP contribution in [0.5, 0.6) is 0 Å². The lowest BCUT2D eigenvalue weighted by atomic mass is 10.2. The van der Waals surface area contributed by atoms with Crippen LogP contribution in [0.1, 0.15) is 52.4 Å². The van der Waals surface area contributed by atoms with E-state index in [2.05, 4.69) is 9.97 Å². The summed E-state index contributed by atoms with van der Waals surface area (Å²) in [6.45, 7) is 4.18. The molecule has 4 aromatic heterocycles. The number of rotatable bonds is 10. The Kier molecular flexibility index (Phi) is 10.0. The molecule has 2 atom stereocenters. The van der Waals surface area contributed by atoms with Crippen LogP contribution < -0.4 is 22.5 Å². The molecule has 220 valence electrons. The lowest BCUT2D eigenvalue weighted by Gasteiger charge is -2.09. The highest BCUT2D eigenvalue weighted by atomic mass is 16.3. The fourth-order valence-electron chi connectivity index (χ4n) is 4.61. The lowest BCUT2D eigenvalue weighted by molar-refractivity contribution is 0.179. The Hall–Kier alpha value is -3.78. The fourth-order valence-corrected chi connectivity index (χ4v) is 4.61. The molecule has 0 aliphatic heterocycles. The first-order chi connectivity index (χ1) is 18.9. The normalized spacial score (nSPS) is 13.0. The Morgan fingerprint density at radius 3 is 1.32 bits per heavy atom. The van der Waals surface area contributed by atoms with Gasteiger partial charge in [0.15, 0.2) is 22.3 Å². The van der Waals surface area contributed by atoms with E-state index in [1.54, 1.807) is 51.2 Å². The van der Waals surface area contributed by atoms with Crippen molar-refractivity contribution in [1.29, 1.82) is 0 Å². The summed E-state index contributed by atoms with van der Waals surface area (Å²) >= 11 is 0. The molecule has 0 fully saturated rings. The molecule has 0 amide bonds. The van der Waals surface area contributed by atoms with Crippen molar-refractivity contribution in [2.24, 2.45) is 28.2 Å². The van der Waals surface area contributed by atoms with E-state index in [-0.39, 0.29) is 34.7 Å². The van der Waals surface area contributed by atoms with Crippen LogP contribution >= 0.6 is 0 Å². The second-order valence-electron chi connectivity index (χ2n) is 10.3. The minimum absolute atomic E-state index is 0.305. The van der Waals surface area contributed by atoms with Gasteiger partial charge in [-0.05, 0) is 52.4 Å². The molecule has 0 aliphatic rings. The second-order valence-corrected chi connectivity index (χ2v) is 10.3. The van der Waals surface area contributed by atoms with E-state index in [0.717, 1.165) is 12.8 Å². The van der Waals surface area contributed by atoms with E-state index < -0.39 is 0 Å². The van der Waals surface area contributed by atoms with Crippen LogP contribution in [0.4, 0.5) is 0 Å². The molecule has 2 N–H and O–H groups in total. The molecule has 14 heteroatoms. The van der Waals surface area contributed by atoms with Crippen molar-refractivity contribution in [2.45, 2.75) is 77.7 Å². The minimum atomic E-state index is -0.353. The average Bonchev–Trinajstić information content (AvgIpc) is 3.48. The number of aliphatic hydroxyl groups excluding tert-OH is 2. The smallest absolute Gasteiger partial charge is 0.332 e. The first kappa shape index (κ1) is 30.8. The third-order valence-corrected chi connectivity index (χ3v) is 6.91. The topological polar surface area (TPSA) is 164 Å². The molecule has 40 heavy (non-hydrogen) atoms. The third-order valence-electron chi connectivity index (χ3n) is 6.91. The molecule has 4 heterocycles.